The second-order valence-corrected chi connectivity index (χ2v) is 16.8. The van der Waals surface area contributed by atoms with E-state index < -0.39 is 17.8 Å². The van der Waals surface area contributed by atoms with Gasteiger partial charge in [-0.25, -0.2) is 9.37 Å². The number of nitrogens with one attached hydrogen (secondary N) is 4. The zero-order chi connectivity index (χ0) is 43.9. The number of piperidine rings is 2. The lowest BCUT2D eigenvalue weighted by Gasteiger charge is -2.39. The second kappa shape index (κ2) is 20.1. The van der Waals surface area contributed by atoms with Crippen molar-refractivity contribution in [2.75, 3.05) is 68.6 Å². The third-order valence-corrected chi connectivity index (χ3v) is 12.5. The maximum atomic E-state index is 14.7. The van der Waals surface area contributed by atoms with Gasteiger partial charge in [0.25, 0.3) is 5.91 Å². The molecule has 18 heteroatoms. The van der Waals surface area contributed by atoms with Crippen molar-refractivity contribution in [2.24, 2.45) is 5.92 Å². The lowest BCUT2D eigenvalue weighted by Crippen LogP contribution is -2.47. The topological polar surface area (TPSA) is 190 Å². The number of nitrogens with zero attached hydrogens (tertiary/aromatic N) is 7. The van der Waals surface area contributed by atoms with Gasteiger partial charge >= 0.3 is 0 Å². The van der Waals surface area contributed by atoms with Crippen molar-refractivity contribution in [3.05, 3.63) is 65.6 Å². The molecule has 2 aromatic heterocycles. The molecule has 17 nitrogen and oxygen atoms in total. The van der Waals surface area contributed by atoms with Gasteiger partial charge in [0.2, 0.25) is 17.8 Å². The van der Waals surface area contributed by atoms with Crippen LogP contribution in [0.4, 0.5) is 27.5 Å². The maximum absolute atomic E-state index is 14.7. The highest BCUT2D eigenvalue weighted by molar-refractivity contribution is 6.01. The summed E-state index contributed by atoms with van der Waals surface area (Å²) in [6.07, 6.45) is 11.2. The minimum absolute atomic E-state index is 0.0367. The van der Waals surface area contributed by atoms with E-state index in [4.69, 9.17) is 24.2 Å². The number of anilines is 4. The molecule has 1 saturated carbocycles. The van der Waals surface area contributed by atoms with Crippen molar-refractivity contribution in [3.8, 4) is 17.2 Å². The first-order chi connectivity index (χ1) is 30.7. The molecule has 63 heavy (non-hydrogen) atoms. The Morgan fingerprint density at radius 1 is 0.968 bits per heavy atom. The summed E-state index contributed by atoms with van der Waals surface area (Å²) in [6.45, 7) is 8.39. The van der Waals surface area contributed by atoms with E-state index in [0.717, 1.165) is 68.6 Å². The highest BCUT2D eigenvalue weighted by Gasteiger charge is 2.36. The Bertz CT molecular complexity index is 2260. The zero-order valence-corrected chi connectivity index (χ0v) is 36.3. The quantitative estimate of drug-likeness (QED) is 0.0757. The number of hydrogen-bond acceptors (Lipinski definition) is 14. The molecule has 2 aromatic carbocycles. The first-order valence-electron chi connectivity index (χ1n) is 22.3. The molecule has 0 bridgehead atoms. The van der Waals surface area contributed by atoms with Gasteiger partial charge in [-0.15, -0.1) is 10.2 Å². The number of aryl methyl sites for hydroxylation is 1. The first kappa shape index (κ1) is 43.8. The molecule has 3 fully saturated rings. The minimum atomic E-state index is -0.596. The summed E-state index contributed by atoms with van der Waals surface area (Å²) in [6, 6.07) is 9.26. The number of amides is 3. The number of halogens is 1. The van der Waals surface area contributed by atoms with Crippen LogP contribution in [0.25, 0.3) is 5.69 Å². The van der Waals surface area contributed by atoms with Crippen molar-refractivity contribution >= 4 is 40.9 Å². The van der Waals surface area contributed by atoms with Crippen LogP contribution in [0.1, 0.15) is 99.2 Å². The fourth-order valence-corrected chi connectivity index (χ4v) is 9.11. The molecule has 5 heterocycles. The van der Waals surface area contributed by atoms with Crippen molar-refractivity contribution < 1.29 is 33.0 Å². The third kappa shape index (κ3) is 10.3. The van der Waals surface area contributed by atoms with Crippen LogP contribution in [0.5, 0.6) is 11.5 Å². The molecular weight excluding hydrogens is 810 g/mol. The van der Waals surface area contributed by atoms with Gasteiger partial charge in [-0.3, -0.25) is 24.3 Å². The summed E-state index contributed by atoms with van der Waals surface area (Å²) in [5, 5.41) is 20.8. The van der Waals surface area contributed by atoms with Crippen molar-refractivity contribution in [1.29, 1.82) is 0 Å². The van der Waals surface area contributed by atoms with Crippen LogP contribution < -0.4 is 35.6 Å². The lowest BCUT2D eigenvalue weighted by atomic mass is 9.88. The van der Waals surface area contributed by atoms with E-state index in [9.17, 15) is 18.8 Å². The van der Waals surface area contributed by atoms with Gasteiger partial charge < -0.3 is 40.0 Å². The predicted molar refractivity (Wildman–Crippen MR) is 234 cm³/mol. The first-order valence-corrected chi connectivity index (χ1v) is 22.3. The van der Waals surface area contributed by atoms with Crippen LogP contribution in [0.3, 0.4) is 0 Å². The fraction of sp³-hybridized carbons (Fsp3) is 0.533. The van der Waals surface area contributed by atoms with E-state index in [-0.39, 0.29) is 42.7 Å². The van der Waals surface area contributed by atoms with Gasteiger partial charge in [0.05, 0.1) is 38.2 Å². The number of carbonyl (C=O) groups excluding carboxylic acids is 3. The molecule has 1 aliphatic carbocycles. The number of ether oxygens (including phenoxy) is 3. The van der Waals surface area contributed by atoms with Crippen LogP contribution in [0.15, 0.2) is 42.6 Å². The third-order valence-electron chi connectivity index (χ3n) is 12.5. The molecule has 2 saturated heterocycles. The summed E-state index contributed by atoms with van der Waals surface area (Å²) in [7, 11) is 1.58. The van der Waals surface area contributed by atoms with E-state index in [2.05, 4.69) is 52.8 Å². The van der Waals surface area contributed by atoms with E-state index in [1.165, 1.54) is 44.2 Å². The smallest absolute Gasteiger partial charge is 0.251 e. The summed E-state index contributed by atoms with van der Waals surface area (Å²) < 4.78 is 33.8. The molecule has 4 aliphatic rings. The Labute approximate surface area is 366 Å². The van der Waals surface area contributed by atoms with Crippen LogP contribution in [-0.2, 0) is 14.3 Å². The predicted octanol–water partition coefficient (Wildman–Crippen LogP) is 5.62. The molecule has 4 aromatic rings. The van der Waals surface area contributed by atoms with Gasteiger partial charge in [0, 0.05) is 56.0 Å². The van der Waals surface area contributed by atoms with Gasteiger partial charge in [0.15, 0.2) is 23.2 Å². The molecule has 8 rings (SSSR count). The maximum Gasteiger partial charge on any atom is 0.251 e. The largest absolute Gasteiger partial charge is 0.495 e. The normalized spacial score (nSPS) is 19.5. The number of methoxy groups -OCH3 is 1. The standard InChI is InChI=1S/C45H58FN11O6/c1-4-36-42-54-53-28(2)57(42)37-26-47-45(52-41(37)56(36)27-29-8-6-5-7-9-29)50-34-12-10-30(24-39(34)61-3)43(59)49-31-16-18-55(19-17-31)20-21-62-22-23-63-38-14-11-32(25-33(38)46)48-35-13-15-40(58)51-44(35)60/h10-12,14,24-26,29,31,35-36,48H,4-9,13,15-23,27H2,1-3H3,(H,49,59)(H,47,50,52)(H,51,58,60)/t35?,36-/m1/s1. The molecule has 4 N–H and O–H groups in total. The summed E-state index contributed by atoms with van der Waals surface area (Å²) in [4.78, 5) is 51.3. The summed E-state index contributed by atoms with van der Waals surface area (Å²) >= 11 is 0. The van der Waals surface area contributed by atoms with E-state index in [1.807, 2.05) is 19.2 Å². The lowest BCUT2D eigenvalue weighted by molar-refractivity contribution is -0.133. The molecule has 0 radical (unpaired) electrons. The second-order valence-electron chi connectivity index (χ2n) is 16.8. The van der Waals surface area contributed by atoms with Crippen LogP contribution in [-0.4, -0.2) is 113 Å². The Kier molecular flexibility index (Phi) is 14.0. The number of hydrogen-bond donors (Lipinski definition) is 4. The molecule has 2 atom stereocenters. The Morgan fingerprint density at radius 2 is 1.79 bits per heavy atom. The zero-order valence-electron chi connectivity index (χ0n) is 36.3. The summed E-state index contributed by atoms with van der Waals surface area (Å²) in [5.41, 5.74) is 2.46. The van der Waals surface area contributed by atoms with Crippen molar-refractivity contribution in [2.45, 2.75) is 96.2 Å². The average molecular weight is 868 g/mol. The minimum Gasteiger partial charge on any atom is -0.495 e. The number of rotatable bonds is 17. The van der Waals surface area contributed by atoms with E-state index in [0.29, 0.717) is 54.2 Å². The van der Waals surface area contributed by atoms with Crippen LogP contribution in [0, 0.1) is 18.7 Å². The van der Waals surface area contributed by atoms with Gasteiger partial charge in [-0.2, -0.15) is 4.98 Å². The van der Waals surface area contributed by atoms with Crippen LogP contribution >= 0.6 is 0 Å². The molecular formula is C45H58FN11O6. The Morgan fingerprint density at radius 3 is 2.56 bits per heavy atom. The van der Waals surface area contributed by atoms with Gasteiger partial charge in [-0.05, 0) is 81.7 Å². The number of carbonyl (C=O) groups is 3. The van der Waals surface area contributed by atoms with E-state index in [1.54, 1.807) is 25.3 Å². The fourth-order valence-electron chi connectivity index (χ4n) is 9.11. The van der Waals surface area contributed by atoms with Gasteiger partial charge in [0.1, 0.15) is 29.9 Å². The highest BCUT2D eigenvalue weighted by Crippen LogP contribution is 2.41. The number of fused-ring (bicyclic) bond motifs is 3. The number of benzene rings is 2. The monoisotopic (exact) mass is 867 g/mol. The number of likely N-dealkylation sites (tertiary alicyclic amines) is 1. The molecule has 1 unspecified atom stereocenters. The molecule has 336 valence electrons. The molecule has 0 spiro atoms. The highest BCUT2D eigenvalue weighted by atomic mass is 19.1. The Hall–Kier alpha value is -5.88. The Balaban J connectivity index is 0.785. The van der Waals surface area contributed by atoms with E-state index >= 15 is 0 Å². The van der Waals surface area contributed by atoms with Gasteiger partial charge in [-0.1, -0.05) is 26.2 Å². The number of aromatic nitrogens is 5. The van der Waals surface area contributed by atoms with Crippen molar-refractivity contribution in [3.63, 3.8) is 0 Å². The molecule has 3 amide bonds. The summed E-state index contributed by atoms with van der Waals surface area (Å²) in [5.74, 6) is 2.79. The molecule has 3 aliphatic heterocycles. The SMILES string of the molecule is CC[C@@H]1c2nnc(C)n2-c2cnc(Nc3ccc(C(=O)NC4CCN(CCOCCOc5ccc(NC6CCC(=O)NC6=O)cc5F)CC4)cc3OC)nc2N1CC1CCCCC1. The average Bonchev–Trinajstić information content (AvgIpc) is 3.68. The number of imide groups is 1. The van der Waals surface area contributed by atoms with Crippen molar-refractivity contribution in [1.82, 2.24) is 40.3 Å². The van der Waals surface area contributed by atoms with Crippen LogP contribution in [0.2, 0.25) is 0 Å².